The summed E-state index contributed by atoms with van der Waals surface area (Å²) < 4.78 is 12.0. The van der Waals surface area contributed by atoms with Crippen LogP contribution in [0.25, 0.3) is 6.08 Å². The molecule has 0 radical (unpaired) electrons. The molecule has 0 atom stereocenters. The Bertz CT molecular complexity index is 1070. The number of carboxylic acid groups (broad SMARTS) is 1. The number of ether oxygens (including phenoxy) is 2. The minimum Gasteiger partial charge on any atom is -0.493 e. The van der Waals surface area contributed by atoms with Gasteiger partial charge in [-0.3, -0.25) is 14.7 Å². The highest BCUT2D eigenvalue weighted by molar-refractivity contribution is 9.10. The van der Waals surface area contributed by atoms with Crippen molar-refractivity contribution in [2.45, 2.75) is 6.61 Å². The highest BCUT2D eigenvalue weighted by atomic mass is 79.9. The maximum Gasteiger partial charge on any atom is 0.335 e. The molecule has 1 aliphatic heterocycles. The van der Waals surface area contributed by atoms with Gasteiger partial charge >= 0.3 is 5.97 Å². The Morgan fingerprint density at radius 2 is 2.10 bits per heavy atom. The SMILES string of the molecule is CN=C1S/C(=C/c2cc(Br)c(OCc3cccc(C(=O)O)c3)c(OC)c2)C(=O)N1C. The van der Waals surface area contributed by atoms with Gasteiger partial charge in [0, 0.05) is 14.1 Å². The number of benzene rings is 2. The molecule has 0 aromatic heterocycles. The van der Waals surface area contributed by atoms with Crippen molar-refractivity contribution in [1.29, 1.82) is 0 Å². The number of carboxylic acids is 1. The molecule has 7 nitrogen and oxygen atoms in total. The molecule has 1 aliphatic rings. The summed E-state index contributed by atoms with van der Waals surface area (Å²) in [6.45, 7) is 0.173. The Morgan fingerprint density at radius 3 is 2.73 bits per heavy atom. The predicted octanol–water partition coefficient (Wildman–Crippen LogP) is 4.27. The first-order valence-electron chi connectivity index (χ1n) is 8.81. The van der Waals surface area contributed by atoms with E-state index in [1.54, 1.807) is 44.4 Å². The Hall–Kier alpha value is -2.78. The number of likely N-dealkylation sites (N-methyl/N-ethyl adjacent to an activating group) is 1. The first-order chi connectivity index (χ1) is 14.3. The van der Waals surface area contributed by atoms with E-state index in [9.17, 15) is 9.59 Å². The van der Waals surface area contributed by atoms with Crippen LogP contribution in [0, 0.1) is 0 Å². The fraction of sp³-hybridized carbons (Fsp3) is 0.190. The van der Waals surface area contributed by atoms with Crippen LogP contribution in [-0.2, 0) is 11.4 Å². The normalized spacial score (nSPS) is 16.4. The molecular formula is C21H19BrN2O5S. The third-order valence-electron chi connectivity index (χ3n) is 4.30. The average Bonchev–Trinajstić information content (AvgIpc) is 3.00. The molecule has 0 bridgehead atoms. The van der Waals surface area contributed by atoms with Gasteiger partial charge in [-0.05, 0) is 69.2 Å². The molecule has 0 spiro atoms. The number of methoxy groups -OCH3 is 1. The molecule has 1 saturated heterocycles. The maximum absolute atomic E-state index is 12.4. The lowest BCUT2D eigenvalue weighted by Crippen LogP contribution is -2.23. The number of hydrogen-bond acceptors (Lipinski definition) is 6. The summed E-state index contributed by atoms with van der Waals surface area (Å²) in [7, 11) is 4.86. The molecule has 1 fully saturated rings. The third kappa shape index (κ3) is 4.68. The second-order valence-electron chi connectivity index (χ2n) is 6.31. The van der Waals surface area contributed by atoms with Gasteiger partial charge in [-0.15, -0.1) is 0 Å². The van der Waals surface area contributed by atoms with Crippen LogP contribution in [0.4, 0.5) is 0 Å². The lowest BCUT2D eigenvalue weighted by atomic mass is 10.1. The van der Waals surface area contributed by atoms with E-state index in [1.807, 2.05) is 6.07 Å². The van der Waals surface area contributed by atoms with E-state index in [1.165, 1.54) is 29.8 Å². The van der Waals surface area contributed by atoms with Crippen LogP contribution >= 0.6 is 27.7 Å². The molecule has 3 rings (SSSR count). The van der Waals surface area contributed by atoms with Crippen molar-refractivity contribution in [3.05, 3.63) is 62.5 Å². The molecule has 1 amide bonds. The van der Waals surface area contributed by atoms with Crippen LogP contribution in [0.15, 0.2) is 50.8 Å². The number of nitrogens with zero attached hydrogens (tertiary/aromatic N) is 2. The minimum atomic E-state index is -0.991. The van der Waals surface area contributed by atoms with Gasteiger partial charge < -0.3 is 14.6 Å². The number of amidine groups is 1. The zero-order valence-corrected chi connectivity index (χ0v) is 18.9. The van der Waals surface area contributed by atoms with Crippen LogP contribution in [-0.4, -0.2) is 48.3 Å². The van der Waals surface area contributed by atoms with Crippen molar-refractivity contribution in [2.24, 2.45) is 4.99 Å². The van der Waals surface area contributed by atoms with E-state index in [2.05, 4.69) is 20.9 Å². The van der Waals surface area contributed by atoms with Gasteiger partial charge in [0.15, 0.2) is 16.7 Å². The smallest absolute Gasteiger partial charge is 0.335 e. The fourth-order valence-electron chi connectivity index (χ4n) is 2.81. The number of amides is 1. The molecule has 156 valence electrons. The number of thioether (sulfide) groups is 1. The van der Waals surface area contributed by atoms with Gasteiger partial charge in [0.05, 0.1) is 22.1 Å². The summed E-state index contributed by atoms with van der Waals surface area (Å²) in [6, 6.07) is 10.2. The number of rotatable bonds is 6. The van der Waals surface area contributed by atoms with Crippen molar-refractivity contribution in [2.75, 3.05) is 21.2 Å². The van der Waals surface area contributed by atoms with Crippen LogP contribution in [0.1, 0.15) is 21.5 Å². The Morgan fingerprint density at radius 1 is 1.33 bits per heavy atom. The van der Waals surface area contributed by atoms with Crippen LogP contribution in [0.5, 0.6) is 11.5 Å². The standard InChI is InChI=1S/C21H19BrN2O5S/c1-23-21-24(2)19(25)17(30-21)10-13-8-15(22)18(16(9-13)28-3)29-11-12-5-4-6-14(7-12)20(26)27/h4-10H,11H2,1-3H3,(H,26,27)/b17-10+,23-21?. The van der Waals surface area contributed by atoms with Crippen LogP contribution in [0.3, 0.4) is 0 Å². The van der Waals surface area contributed by atoms with E-state index in [4.69, 9.17) is 14.6 Å². The summed E-state index contributed by atoms with van der Waals surface area (Å²) in [5.41, 5.74) is 1.68. The molecule has 1 N–H and O–H groups in total. The first-order valence-corrected chi connectivity index (χ1v) is 10.4. The molecular weight excluding hydrogens is 472 g/mol. The molecule has 0 aliphatic carbocycles. The number of aromatic carboxylic acids is 1. The summed E-state index contributed by atoms with van der Waals surface area (Å²) in [5.74, 6) is -0.138. The van der Waals surface area contributed by atoms with Crippen molar-refractivity contribution < 1.29 is 24.2 Å². The van der Waals surface area contributed by atoms with Gasteiger partial charge in [-0.1, -0.05) is 12.1 Å². The quantitative estimate of drug-likeness (QED) is 0.608. The second kappa shape index (κ2) is 9.36. The van der Waals surface area contributed by atoms with Gasteiger partial charge in [0.2, 0.25) is 0 Å². The van der Waals surface area contributed by atoms with E-state index in [-0.39, 0.29) is 18.1 Å². The molecule has 2 aromatic rings. The molecule has 9 heteroatoms. The lowest BCUT2D eigenvalue weighted by molar-refractivity contribution is -0.121. The van der Waals surface area contributed by atoms with Gasteiger partial charge in [-0.2, -0.15) is 0 Å². The molecule has 0 saturated carbocycles. The van der Waals surface area contributed by atoms with Crippen molar-refractivity contribution >= 4 is 50.8 Å². The molecule has 30 heavy (non-hydrogen) atoms. The number of aliphatic imine (C=N–C) groups is 1. The van der Waals surface area contributed by atoms with Crippen molar-refractivity contribution in [1.82, 2.24) is 4.90 Å². The molecule has 1 heterocycles. The maximum atomic E-state index is 12.4. The van der Waals surface area contributed by atoms with Gasteiger partial charge in [-0.25, -0.2) is 4.79 Å². The predicted molar refractivity (Wildman–Crippen MR) is 120 cm³/mol. The topological polar surface area (TPSA) is 88.4 Å². The second-order valence-corrected chi connectivity index (χ2v) is 8.17. The van der Waals surface area contributed by atoms with E-state index in [0.717, 1.165) is 11.1 Å². The summed E-state index contributed by atoms with van der Waals surface area (Å²) in [6.07, 6.45) is 1.77. The average molecular weight is 491 g/mol. The van der Waals surface area contributed by atoms with E-state index >= 15 is 0 Å². The van der Waals surface area contributed by atoms with Crippen LogP contribution < -0.4 is 9.47 Å². The Balaban J connectivity index is 1.84. The summed E-state index contributed by atoms with van der Waals surface area (Å²) in [5, 5.41) is 9.77. The highest BCUT2D eigenvalue weighted by Crippen LogP contribution is 2.39. The number of halogens is 1. The Labute approximate surface area is 186 Å². The number of carbonyl (C=O) groups is 2. The van der Waals surface area contributed by atoms with Crippen molar-refractivity contribution in [3.8, 4) is 11.5 Å². The molecule has 2 aromatic carbocycles. The zero-order chi connectivity index (χ0) is 21.8. The highest BCUT2D eigenvalue weighted by Gasteiger charge is 2.29. The lowest BCUT2D eigenvalue weighted by Gasteiger charge is -2.14. The van der Waals surface area contributed by atoms with Gasteiger partial charge in [0.25, 0.3) is 5.91 Å². The monoisotopic (exact) mass is 490 g/mol. The largest absolute Gasteiger partial charge is 0.493 e. The minimum absolute atomic E-state index is 0.116. The first kappa shape index (κ1) is 21.9. The van der Waals surface area contributed by atoms with Crippen LogP contribution in [0.2, 0.25) is 0 Å². The third-order valence-corrected chi connectivity index (χ3v) is 6.04. The number of carbonyl (C=O) groups excluding carboxylic acids is 1. The summed E-state index contributed by atoms with van der Waals surface area (Å²) in [4.78, 5) is 29.7. The molecule has 0 unspecified atom stereocenters. The fourth-order valence-corrected chi connectivity index (χ4v) is 4.31. The van der Waals surface area contributed by atoms with E-state index < -0.39 is 5.97 Å². The van der Waals surface area contributed by atoms with Gasteiger partial charge in [0.1, 0.15) is 6.61 Å². The summed E-state index contributed by atoms with van der Waals surface area (Å²) >= 11 is 4.81. The zero-order valence-electron chi connectivity index (χ0n) is 16.5. The number of hydrogen-bond donors (Lipinski definition) is 1. The van der Waals surface area contributed by atoms with E-state index in [0.29, 0.717) is 26.0 Å². The Kier molecular flexibility index (Phi) is 6.84. The van der Waals surface area contributed by atoms with Crippen molar-refractivity contribution in [3.63, 3.8) is 0 Å².